The molecule has 33 heavy (non-hydrogen) atoms. The molecule has 2 aromatic carbocycles. The van der Waals surface area contributed by atoms with Gasteiger partial charge in [-0.05, 0) is 49.7 Å². The second-order valence-electron chi connectivity index (χ2n) is 7.41. The number of anilines is 2. The number of hydrogen-bond acceptors (Lipinski definition) is 6. The van der Waals surface area contributed by atoms with Gasteiger partial charge in [-0.25, -0.2) is 18.7 Å². The Hall–Kier alpha value is -3.63. The van der Waals surface area contributed by atoms with E-state index in [1.54, 1.807) is 13.8 Å². The van der Waals surface area contributed by atoms with E-state index in [-0.39, 0.29) is 39.5 Å². The number of rotatable bonds is 6. The smallest absolute Gasteiger partial charge is 0.273 e. The summed E-state index contributed by atoms with van der Waals surface area (Å²) in [7, 11) is 0. The Morgan fingerprint density at radius 1 is 1.12 bits per heavy atom. The topological polar surface area (TPSA) is 130 Å². The summed E-state index contributed by atoms with van der Waals surface area (Å²) in [5.74, 6) is -3.28. The molecule has 3 rings (SSSR count). The average molecular weight is 476 g/mol. The number of carbonyl (C=O) groups is 2. The zero-order valence-electron chi connectivity index (χ0n) is 17.6. The summed E-state index contributed by atoms with van der Waals surface area (Å²) in [6.07, 6.45) is -0.456. The average Bonchev–Trinajstić information content (AvgIpc) is 2.72. The van der Waals surface area contributed by atoms with Crippen molar-refractivity contribution in [2.75, 3.05) is 11.1 Å². The van der Waals surface area contributed by atoms with E-state index in [9.17, 15) is 23.5 Å². The number of nitrogen functional groups attached to an aromatic ring is 1. The van der Waals surface area contributed by atoms with E-state index < -0.39 is 29.6 Å². The Morgan fingerprint density at radius 3 is 2.39 bits per heavy atom. The van der Waals surface area contributed by atoms with Gasteiger partial charge in [0.05, 0.1) is 16.9 Å². The molecule has 5 N–H and O–H groups in total. The van der Waals surface area contributed by atoms with Crippen LogP contribution in [0.1, 0.15) is 36.0 Å². The van der Waals surface area contributed by atoms with Gasteiger partial charge >= 0.3 is 0 Å². The molecule has 0 fully saturated rings. The van der Waals surface area contributed by atoms with Crippen LogP contribution in [0, 0.1) is 11.6 Å². The number of nitrogens with zero attached hydrogens (tertiary/aromatic N) is 2. The van der Waals surface area contributed by atoms with Crippen molar-refractivity contribution >= 4 is 34.9 Å². The second kappa shape index (κ2) is 9.88. The number of nitrogens with one attached hydrogen (secondary N) is 2. The molecule has 0 radical (unpaired) electrons. The van der Waals surface area contributed by atoms with Crippen molar-refractivity contribution in [2.24, 2.45) is 0 Å². The Kier molecular flexibility index (Phi) is 7.19. The summed E-state index contributed by atoms with van der Waals surface area (Å²) in [6, 6.07) is 6.60. The predicted octanol–water partition coefficient (Wildman–Crippen LogP) is 3.47. The van der Waals surface area contributed by atoms with Crippen LogP contribution in [0.5, 0.6) is 0 Å². The monoisotopic (exact) mass is 475 g/mol. The number of amides is 2. The minimum atomic E-state index is -1.81. The summed E-state index contributed by atoms with van der Waals surface area (Å²) in [5, 5.41) is 15.4. The van der Waals surface area contributed by atoms with Gasteiger partial charge in [0.15, 0.2) is 17.6 Å². The molecule has 3 aromatic rings. The van der Waals surface area contributed by atoms with Gasteiger partial charge in [-0.1, -0.05) is 11.6 Å². The molecule has 0 unspecified atom stereocenters. The highest BCUT2D eigenvalue weighted by Gasteiger charge is 2.20. The molecule has 2 amide bonds. The predicted molar refractivity (Wildman–Crippen MR) is 119 cm³/mol. The Balaban J connectivity index is 1.81. The first-order valence-electron chi connectivity index (χ1n) is 9.73. The number of nitrogens with two attached hydrogens (primary N) is 1. The molecule has 0 aliphatic carbocycles. The third kappa shape index (κ3) is 5.79. The van der Waals surface area contributed by atoms with Crippen molar-refractivity contribution in [3.05, 3.63) is 70.5 Å². The number of benzene rings is 2. The van der Waals surface area contributed by atoms with E-state index in [0.29, 0.717) is 11.6 Å². The molecule has 0 aliphatic heterocycles. The third-order valence-electron chi connectivity index (χ3n) is 4.40. The number of hydrogen-bond donors (Lipinski definition) is 4. The van der Waals surface area contributed by atoms with Gasteiger partial charge in [-0.2, -0.15) is 0 Å². The molecule has 8 nitrogen and oxygen atoms in total. The molecular weight excluding hydrogens is 456 g/mol. The van der Waals surface area contributed by atoms with E-state index in [4.69, 9.17) is 17.3 Å². The molecule has 1 heterocycles. The highest BCUT2D eigenvalue weighted by Crippen LogP contribution is 2.30. The summed E-state index contributed by atoms with van der Waals surface area (Å²) in [6.45, 7) is 3.58. The molecule has 0 aliphatic rings. The van der Waals surface area contributed by atoms with Gasteiger partial charge in [-0.15, -0.1) is 0 Å². The maximum atomic E-state index is 13.4. The number of aromatic nitrogens is 2. The molecule has 0 saturated carbocycles. The fourth-order valence-corrected chi connectivity index (χ4v) is 3.20. The van der Waals surface area contributed by atoms with Crippen LogP contribution in [-0.2, 0) is 4.79 Å². The Bertz CT molecular complexity index is 1200. The number of carbonyl (C=O) groups excluding carboxylic acids is 2. The first-order valence-corrected chi connectivity index (χ1v) is 10.1. The molecule has 11 heteroatoms. The van der Waals surface area contributed by atoms with Crippen LogP contribution in [-0.4, -0.2) is 32.9 Å². The lowest BCUT2D eigenvalue weighted by Crippen LogP contribution is -2.31. The number of aliphatic hydroxyl groups is 1. The number of aliphatic hydroxyl groups excluding tert-OH is 1. The van der Waals surface area contributed by atoms with Crippen LogP contribution >= 0.6 is 11.6 Å². The summed E-state index contributed by atoms with van der Waals surface area (Å²) in [4.78, 5) is 32.9. The summed E-state index contributed by atoms with van der Waals surface area (Å²) < 4.78 is 26.7. The minimum Gasteiger partial charge on any atom is -0.382 e. The minimum absolute atomic E-state index is 0.0420. The first kappa shape index (κ1) is 24.0. The lowest BCUT2D eigenvalue weighted by atomic mass is 10.1. The fourth-order valence-electron chi connectivity index (χ4n) is 2.92. The Labute approximate surface area is 192 Å². The van der Waals surface area contributed by atoms with Crippen molar-refractivity contribution in [3.63, 3.8) is 0 Å². The maximum Gasteiger partial charge on any atom is 0.273 e. The maximum absolute atomic E-state index is 13.4. The normalized spacial score (nSPS) is 11.8. The van der Waals surface area contributed by atoms with Gasteiger partial charge in [0.25, 0.3) is 11.8 Å². The van der Waals surface area contributed by atoms with Crippen molar-refractivity contribution in [1.29, 1.82) is 0 Å². The van der Waals surface area contributed by atoms with Gasteiger partial charge in [0.2, 0.25) is 0 Å². The highest BCUT2D eigenvalue weighted by molar-refractivity contribution is 6.33. The second-order valence-corrected chi connectivity index (χ2v) is 7.81. The van der Waals surface area contributed by atoms with E-state index in [1.165, 1.54) is 24.4 Å². The van der Waals surface area contributed by atoms with Crippen LogP contribution in [0.3, 0.4) is 0 Å². The fraction of sp³-hybridized carbons (Fsp3) is 0.182. The largest absolute Gasteiger partial charge is 0.382 e. The van der Waals surface area contributed by atoms with Crippen molar-refractivity contribution in [3.8, 4) is 11.3 Å². The number of halogens is 3. The van der Waals surface area contributed by atoms with Crippen LogP contribution in [0.4, 0.5) is 20.3 Å². The molecule has 1 atom stereocenters. The highest BCUT2D eigenvalue weighted by atomic mass is 35.5. The van der Waals surface area contributed by atoms with Crippen LogP contribution < -0.4 is 16.4 Å². The lowest BCUT2D eigenvalue weighted by molar-refractivity contribution is -0.124. The summed E-state index contributed by atoms with van der Waals surface area (Å²) >= 11 is 6.33. The molecular formula is C22H20ClF2N5O3. The SMILES string of the molecule is CC(C)NC(=O)c1nc(-c2ccc(NC(=O)[C@H](O)c3cc(F)cc(F)c3)cc2Cl)cnc1N. The van der Waals surface area contributed by atoms with Crippen LogP contribution in [0.25, 0.3) is 11.3 Å². The first-order chi connectivity index (χ1) is 15.5. The molecule has 0 bridgehead atoms. The van der Waals surface area contributed by atoms with Crippen LogP contribution in [0.2, 0.25) is 5.02 Å². The lowest BCUT2D eigenvalue weighted by Gasteiger charge is -2.14. The van der Waals surface area contributed by atoms with Crippen molar-refractivity contribution in [1.82, 2.24) is 15.3 Å². The molecule has 0 spiro atoms. The van der Waals surface area contributed by atoms with E-state index in [0.717, 1.165) is 12.1 Å². The van der Waals surface area contributed by atoms with Crippen molar-refractivity contribution < 1.29 is 23.5 Å². The zero-order valence-corrected chi connectivity index (χ0v) is 18.3. The van der Waals surface area contributed by atoms with Gasteiger partial charge in [0, 0.05) is 23.4 Å². The molecule has 0 saturated heterocycles. The van der Waals surface area contributed by atoms with Crippen molar-refractivity contribution in [2.45, 2.75) is 26.0 Å². The third-order valence-corrected chi connectivity index (χ3v) is 4.71. The van der Waals surface area contributed by atoms with Gasteiger partial charge in [0.1, 0.15) is 11.6 Å². The van der Waals surface area contributed by atoms with E-state index in [2.05, 4.69) is 20.6 Å². The zero-order chi connectivity index (χ0) is 24.3. The quantitative estimate of drug-likeness (QED) is 0.432. The van der Waals surface area contributed by atoms with Gasteiger partial charge < -0.3 is 21.5 Å². The Morgan fingerprint density at radius 2 is 1.79 bits per heavy atom. The molecule has 172 valence electrons. The van der Waals surface area contributed by atoms with Gasteiger partial charge in [-0.3, -0.25) is 9.59 Å². The molecule has 1 aromatic heterocycles. The van der Waals surface area contributed by atoms with E-state index >= 15 is 0 Å². The summed E-state index contributed by atoms with van der Waals surface area (Å²) in [5.41, 5.74) is 6.37. The van der Waals surface area contributed by atoms with E-state index in [1.807, 2.05) is 0 Å². The van der Waals surface area contributed by atoms with Crippen LogP contribution in [0.15, 0.2) is 42.6 Å². The standard InChI is InChI=1S/C22H20ClF2N5O3/c1-10(2)28-21(32)18-20(26)27-9-17(30-18)15-4-3-14(8-16(15)23)29-22(33)19(31)11-5-12(24)7-13(25)6-11/h3-10,19,31H,1-2H3,(H2,26,27)(H,28,32)(H,29,33)/t19-/m1/s1.